The Morgan fingerprint density at radius 3 is 2.59 bits per heavy atom. The summed E-state index contributed by atoms with van der Waals surface area (Å²) in [4.78, 5) is 6.64. The molecular formula is C15H18N2. The molecule has 2 rings (SSSR count). The lowest BCUT2D eigenvalue weighted by atomic mass is 10.0. The third-order valence-corrected chi connectivity index (χ3v) is 3.17. The van der Waals surface area contributed by atoms with Crippen LogP contribution in [0.2, 0.25) is 0 Å². The first-order valence-electron chi connectivity index (χ1n) is 5.89. The van der Waals surface area contributed by atoms with Crippen LogP contribution in [-0.4, -0.2) is 23.8 Å². The molecule has 0 spiro atoms. The third-order valence-electron chi connectivity index (χ3n) is 3.17. The van der Waals surface area contributed by atoms with E-state index < -0.39 is 0 Å². The second kappa shape index (κ2) is 5.00. The summed E-state index contributed by atoms with van der Waals surface area (Å²) in [6.07, 6.45) is 6.32. The van der Waals surface area contributed by atoms with Crippen LogP contribution in [-0.2, 0) is 0 Å². The van der Waals surface area contributed by atoms with Gasteiger partial charge in [0.15, 0.2) is 0 Å². The SMILES string of the molecule is CN=C(c1ccccc1)N1C=CC=C(C)[C@H]1C. The molecule has 1 atom stereocenters. The van der Waals surface area contributed by atoms with Crippen LogP contribution >= 0.6 is 0 Å². The summed E-state index contributed by atoms with van der Waals surface area (Å²) in [6.45, 7) is 4.35. The molecule has 0 radical (unpaired) electrons. The van der Waals surface area contributed by atoms with Gasteiger partial charge in [0, 0.05) is 18.8 Å². The largest absolute Gasteiger partial charge is 0.326 e. The van der Waals surface area contributed by atoms with Crippen LogP contribution in [0.1, 0.15) is 19.4 Å². The van der Waals surface area contributed by atoms with Gasteiger partial charge in [0.1, 0.15) is 5.84 Å². The van der Waals surface area contributed by atoms with Crippen molar-refractivity contribution in [3.05, 3.63) is 59.8 Å². The molecule has 0 aromatic heterocycles. The zero-order valence-electron chi connectivity index (χ0n) is 10.6. The lowest BCUT2D eigenvalue weighted by molar-refractivity contribution is 0.471. The average Bonchev–Trinajstić information content (AvgIpc) is 2.37. The van der Waals surface area contributed by atoms with E-state index in [0.717, 1.165) is 11.4 Å². The van der Waals surface area contributed by atoms with Crippen molar-refractivity contribution >= 4 is 5.84 Å². The Bertz CT molecular complexity index is 469. The van der Waals surface area contributed by atoms with Gasteiger partial charge in [-0.2, -0.15) is 0 Å². The third kappa shape index (κ3) is 2.31. The van der Waals surface area contributed by atoms with Gasteiger partial charge < -0.3 is 4.90 Å². The molecule has 17 heavy (non-hydrogen) atoms. The van der Waals surface area contributed by atoms with Crippen LogP contribution in [0.3, 0.4) is 0 Å². The molecule has 1 aliphatic heterocycles. The summed E-state index contributed by atoms with van der Waals surface area (Å²) in [5.74, 6) is 1.02. The molecule has 1 heterocycles. The first kappa shape index (κ1) is 11.6. The Hall–Kier alpha value is -1.83. The number of aliphatic imine (C=N–C) groups is 1. The highest BCUT2D eigenvalue weighted by atomic mass is 15.2. The number of nitrogens with zero attached hydrogens (tertiary/aromatic N) is 2. The molecule has 0 fully saturated rings. The first-order valence-corrected chi connectivity index (χ1v) is 5.89. The maximum atomic E-state index is 4.43. The van der Waals surface area contributed by atoms with Gasteiger partial charge in [-0.15, -0.1) is 0 Å². The molecule has 0 saturated carbocycles. The van der Waals surface area contributed by atoms with Crippen LogP contribution in [0, 0.1) is 0 Å². The quantitative estimate of drug-likeness (QED) is 0.530. The second-order valence-corrected chi connectivity index (χ2v) is 4.25. The van der Waals surface area contributed by atoms with Gasteiger partial charge in [-0.1, -0.05) is 42.0 Å². The van der Waals surface area contributed by atoms with Crippen molar-refractivity contribution in [3.8, 4) is 0 Å². The molecule has 0 N–H and O–H groups in total. The van der Waals surface area contributed by atoms with Crippen molar-refractivity contribution in [1.82, 2.24) is 4.90 Å². The van der Waals surface area contributed by atoms with Gasteiger partial charge in [0.05, 0.1) is 6.04 Å². The van der Waals surface area contributed by atoms with Crippen molar-refractivity contribution in [1.29, 1.82) is 0 Å². The average molecular weight is 226 g/mol. The fraction of sp³-hybridized carbons (Fsp3) is 0.267. The summed E-state index contributed by atoms with van der Waals surface area (Å²) in [5.41, 5.74) is 2.51. The Labute approximate surface area is 103 Å². The molecule has 0 unspecified atom stereocenters. The van der Waals surface area contributed by atoms with Crippen molar-refractivity contribution in [2.45, 2.75) is 19.9 Å². The highest BCUT2D eigenvalue weighted by Gasteiger charge is 2.19. The molecule has 1 aliphatic rings. The molecule has 2 heteroatoms. The number of hydrogen-bond donors (Lipinski definition) is 0. The van der Waals surface area contributed by atoms with Gasteiger partial charge in [-0.25, -0.2) is 0 Å². The van der Waals surface area contributed by atoms with Crippen molar-refractivity contribution in [2.24, 2.45) is 4.99 Å². The Morgan fingerprint density at radius 2 is 1.94 bits per heavy atom. The highest BCUT2D eigenvalue weighted by Crippen LogP contribution is 2.19. The maximum absolute atomic E-state index is 4.43. The van der Waals surface area contributed by atoms with E-state index in [-0.39, 0.29) is 0 Å². The summed E-state index contributed by atoms with van der Waals surface area (Å²) < 4.78 is 0. The van der Waals surface area contributed by atoms with Crippen LogP contribution in [0.5, 0.6) is 0 Å². The van der Waals surface area contributed by atoms with Crippen molar-refractivity contribution in [2.75, 3.05) is 7.05 Å². The van der Waals surface area contributed by atoms with Gasteiger partial charge in [-0.3, -0.25) is 4.99 Å². The van der Waals surface area contributed by atoms with E-state index in [2.05, 4.69) is 54.2 Å². The van der Waals surface area contributed by atoms with E-state index in [0.29, 0.717) is 6.04 Å². The summed E-state index contributed by atoms with van der Waals surface area (Å²) in [5, 5.41) is 0. The predicted octanol–water partition coefficient (Wildman–Crippen LogP) is 3.23. The van der Waals surface area contributed by atoms with Crippen LogP contribution < -0.4 is 0 Å². The molecule has 1 aromatic carbocycles. The van der Waals surface area contributed by atoms with Gasteiger partial charge in [0.2, 0.25) is 0 Å². The van der Waals surface area contributed by atoms with E-state index in [9.17, 15) is 0 Å². The molecule has 0 amide bonds. The fourth-order valence-corrected chi connectivity index (χ4v) is 2.01. The predicted molar refractivity (Wildman–Crippen MR) is 73.1 cm³/mol. The summed E-state index contributed by atoms with van der Waals surface area (Å²) >= 11 is 0. The number of hydrogen-bond acceptors (Lipinski definition) is 1. The first-order chi connectivity index (χ1) is 8.24. The minimum Gasteiger partial charge on any atom is -0.326 e. The molecular weight excluding hydrogens is 208 g/mol. The standard InChI is InChI=1S/C15H18N2/c1-12-8-7-11-17(13(12)2)15(16-3)14-9-5-4-6-10-14/h4-11,13H,1-3H3/t13-/m1/s1. The lowest BCUT2D eigenvalue weighted by Gasteiger charge is -2.31. The smallest absolute Gasteiger partial charge is 0.135 e. The Morgan fingerprint density at radius 1 is 1.24 bits per heavy atom. The monoisotopic (exact) mass is 226 g/mol. The minimum atomic E-state index is 0.360. The number of amidine groups is 1. The molecule has 0 bridgehead atoms. The van der Waals surface area contributed by atoms with E-state index in [1.54, 1.807) is 0 Å². The molecule has 0 aliphatic carbocycles. The summed E-state index contributed by atoms with van der Waals surface area (Å²) in [6, 6.07) is 10.7. The number of benzene rings is 1. The van der Waals surface area contributed by atoms with Crippen molar-refractivity contribution in [3.63, 3.8) is 0 Å². The number of allylic oxidation sites excluding steroid dienone is 2. The fourth-order valence-electron chi connectivity index (χ4n) is 2.01. The van der Waals surface area contributed by atoms with E-state index in [1.165, 1.54) is 5.57 Å². The van der Waals surface area contributed by atoms with Crippen molar-refractivity contribution < 1.29 is 0 Å². The van der Waals surface area contributed by atoms with Crippen LogP contribution in [0.25, 0.3) is 0 Å². The zero-order valence-corrected chi connectivity index (χ0v) is 10.6. The Kier molecular flexibility index (Phi) is 3.43. The van der Waals surface area contributed by atoms with Crippen LogP contribution in [0.4, 0.5) is 0 Å². The van der Waals surface area contributed by atoms with Gasteiger partial charge in [-0.05, 0) is 19.9 Å². The van der Waals surface area contributed by atoms with Crippen LogP contribution in [0.15, 0.2) is 59.2 Å². The van der Waals surface area contributed by atoms with Gasteiger partial charge >= 0.3 is 0 Å². The molecule has 0 saturated heterocycles. The minimum absolute atomic E-state index is 0.360. The number of rotatable bonds is 1. The second-order valence-electron chi connectivity index (χ2n) is 4.25. The highest BCUT2D eigenvalue weighted by molar-refractivity contribution is 5.99. The summed E-state index contributed by atoms with van der Waals surface area (Å²) in [7, 11) is 1.84. The molecule has 88 valence electrons. The van der Waals surface area contributed by atoms with E-state index in [4.69, 9.17) is 0 Å². The molecule has 2 nitrogen and oxygen atoms in total. The molecule has 1 aromatic rings. The lowest BCUT2D eigenvalue weighted by Crippen LogP contribution is -2.36. The normalized spacial score (nSPS) is 20.4. The Balaban J connectivity index is 2.33. The maximum Gasteiger partial charge on any atom is 0.135 e. The van der Waals surface area contributed by atoms with E-state index >= 15 is 0 Å². The zero-order chi connectivity index (χ0) is 12.3. The topological polar surface area (TPSA) is 15.6 Å². The van der Waals surface area contributed by atoms with E-state index in [1.807, 2.05) is 25.2 Å². The van der Waals surface area contributed by atoms with Gasteiger partial charge in [0.25, 0.3) is 0 Å².